The van der Waals surface area contributed by atoms with Gasteiger partial charge in [0.2, 0.25) is 0 Å². The molecule has 24 heavy (non-hydrogen) atoms. The molecule has 134 valence electrons. The first-order chi connectivity index (χ1) is 11.4. The monoisotopic (exact) mass is 334 g/mol. The van der Waals surface area contributed by atoms with Crippen LogP contribution in [-0.2, 0) is 9.53 Å². The van der Waals surface area contributed by atoms with Crippen LogP contribution in [0.15, 0.2) is 11.6 Å². The first kappa shape index (κ1) is 16.6. The van der Waals surface area contributed by atoms with E-state index in [1.54, 1.807) is 0 Å². The molecule has 4 rings (SSSR count). The van der Waals surface area contributed by atoms with Crippen molar-refractivity contribution >= 4 is 5.97 Å². The first-order valence-corrected chi connectivity index (χ1v) is 9.85. The van der Waals surface area contributed by atoms with E-state index in [4.69, 9.17) is 4.74 Å². The van der Waals surface area contributed by atoms with Gasteiger partial charge >= 0.3 is 5.97 Å². The normalized spacial score (nSPS) is 50.3. The number of fused-ring (bicyclic) bond motifs is 5. The van der Waals surface area contributed by atoms with Crippen LogP contribution >= 0.6 is 0 Å². The Hall–Kier alpha value is -0.830. The third kappa shape index (κ3) is 2.16. The zero-order chi connectivity index (χ0) is 17.1. The number of esters is 1. The van der Waals surface area contributed by atoms with Crippen molar-refractivity contribution in [1.29, 1.82) is 0 Å². The Morgan fingerprint density at radius 1 is 1.17 bits per heavy atom. The number of carbonyl (C=O) groups excluding carboxylic acids is 1. The Morgan fingerprint density at radius 2 is 1.96 bits per heavy atom. The lowest BCUT2D eigenvalue weighted by atomic mass is 9.48. The molecule has 3 fully saturated rings. The van der Waals surface area contributed by atoms with E-state index in [9.17, 15) is 9.90 Å². The van der Waals surface area contributed by atoms with Crippen LogP contribution < -0.4 is 0 Å². The number of hydrogen-bond acceptors (Lipinski definition) is 3. The molecule has 0 amide bonds. The minimum atomic E-state index is -0.134. The van der Waals surface area contributed by atoms with Gasteiger partial charge in [0.25, 0.3) is 0 Å². The number of methoxy groups -OCH3 is 1. The fourth-order valence-electron chi connectivity index (χ4n) is 7.17. The molecule has 0 aromatic rings. The molecule has 0 spiro atoms. The molecular formula is C21H32O3. The highest BCUT2D eigenvalue weighted by Crippen LogP contribution is 2.66. The average Bonchev–Trinajstić information content (AvgIpc) is 2.92. The fraction of sp³-hybridized carbons (Fsp3) is 0.857. The van der Waals surface area contributed by atoms with E-state index >= 15 is 0 Å². The predicted molar refractivity (Wildman–Crippen MR) is 93.2 cm³/mol. The third-order valence-corrected chi connectivity index (χ3v) is 8.56. The standard InChI is InChI=1S/C21H32O3/c1-20-10-8-14(22)12-13(20)4-5-15-16-6-7-18(19(23)24-3)21(16,2)11-9-17(15)20/h4,14-18,22H,5-12H2,1-3H3/t14?,15-,16-,17-,18+,20-,21-/m0/s1/i19+2. The lowest BCUT2D eigenvalue weighted by Crippen LogP contribution is -2.51. The molecule has 1 unspecified atom stereocenters. The van der Waals surface area contributed by atoms with Gasteiger partial charge in [0.05, 0.1) is 19.1 Å². The molecule has 7 atom stereocenters. The van der Waals surface area contributed by atoms with Crippen LogP contribution in [0.3, 0.4) is 0 Å². The SMILES string of the molecule is CO[14C](=O)[C@H]1CC[C@H]2[C@@H]3CC=C4CC(O)CC[C@]4(C)[C@H]3CC[C@]12C. The molecule has 4 aliphatic rings. The van der Waals surface area contributed by atoms with Crippen molar-refractivity contribution in [2.75, 3.05) is 7.11 Å². The summed E-state index contributed by atoms with van der Waals surface area (Å²) in [7, 11) is 1.54. The van der Waals surface area contributed by atoms with Gasteiger partial charge in [0, 0.05) is 0 Å². The summed E-state index contributed by atoms with van der Waals surface area (Å²) in [6.07, 6.45) is 11.0. The number of aliphatic hydroxyl groups excluding tert-OH is 1. The van der Waals surface area contributed by atoms with Crippen molar-refractivity contribution in [3.05, 3.63) is 11.6 Å². The van der Waals surface area contributed by atoms with Crippen molar-refractivity contribution in [1.82, 2.24) is 0 Å². The van der Waals surface area contributed by atoms with Crippen LogP contribution in [0.4, 0.5) is 0 Å². The molecular weight excluding hydrogens is 302 g/mol. The first-order valence-electron chi connectivity index (χ1n) is 9.85. The zero-order valence-corrected chi connectivity index (χ0v) is 15.4. The van der Waals surface area contributed by atoms with Crippen LogP contribution in [0.2, 0.25) is 0 Å². The highest BCUT2D eigenvalue weighted by atomic mass is 16.8. The van der Waals surface area contributed by atoms with E-state index in [-0.39, 0.29) is 28.8 Å². The lowest BCUT2D eigenvalue weighted by Gasteiger charge is -2.57. The number of hydrogen-bond donors (Lipinski definition) is 1. The molecule has 3 heteroatoms. The number of rotatable bonds is 1. The average molecular weight is 334 g/mol. The summed E-state index contributed by atoms with van der Waals surface area (Å²) in [5.41, 5.74) is 1.94. The Kier molecular flexibility index (Phi) is 3.87. The Bertz CT molecular complexity index is 567. The van der Waals surface area contributed by atoms with Crippen LogP contribution in [-0.4, -0.2) is 24.3 Å². The second kappa shape index (κ2) is 5.59. The van der Waals surface area contributed by atoms with Crippen molar-refractivity contribution in [3.8, 4) is 0 Å². The van der Waals surface area contributed by atoms with Gasteiger partial charge in [-0.05, 0) is 80.0 Å². The molecule has 0 aromatic heterocycles. The minimum absolute atomic E-state index is 0.0116. The maximum Gasteiger partial charge on any atom is 0.309 e. The van der Waals surface area contributed by atoms with Crippen LogP contribution in [0.5, 0.6) is 0 Å². The molecule has 3 nitrogen and oxygen atoms in total. The van der Waals surface area contributed by atoms with Crippen LogP contribution in [0, 0.1) is 34.5 Å². The molecule has 0 aromatic carbocycles. The Balaban J connectivity index is 1.64. The maximum atomic E-state index is 12.3. The lowest BCUT2D eigenvalue weighted by molar-refractivity contribution is -0.152. The smallest absolute Gasteiger partial charge is 0.309 e. The van der Waals surface area contributed by atoms with Gasteiger partial charge < -0.3 is 9.84 Å². The summed E-state index contributed by atoms with van der Waals surface area (Å²) in [6.45, 7) is 4.81. The minimum Gasteiger partial charge on any atom is -0.469 e. The molecule has 0 bridgehead atoms. The van der Waals surface area contributed by atoms with E-state index in [2.05, 4.69) is 19.9 Å². The van der Waals surface area contributed by atoms with Gasteiger partial charge in [-0.2, -0.15) is 0 Å². The Morgan fingerprint density at radius 3 is 2.71 bits per heavy atom. The molecule has 0 radical (unpaired) electrons. The fourth-order valence-corrected chi connectivity index (χ4v) is 7.17. The third-order valence-electron chi connectivity index (χ3n) is 8.56. The second-order valence-corrected chi connectivity index (χ2v) is 9.35. The summed E-state index contributed by atoms with van der Waals surface area (Å²) in [5, 5.41) is 10.1. The molecule has 0 heterocycles. The van der Waals surface area contributed by atoms with Gasteiger partial charge in [-0.3, -0.25) is 4.79 Å². The topological polar surface area (TPSA) is 46.5 Å². The summed E-state index contributed by atoms with van der Waals surface area (Å²) in [6, 6.07) is 0. The van der Waals surface area contributed by atoms with Crippen molar-refractivity contribution in [2.45, 2.75) is 71.3 Å². The maximum absolute atomic E-state index is 12.3. The Labute approximate surface area is 145 Å². The van der Waals surface area contributed by atoms with Gasteiger partial charge in [-0.25, -0.2) is 0 Å². The summed E-state index contributed by atoms with van der Waals surface area (Å²) >= 11 is 0. The number of ether oxygens (including phenoxy) is 1. The number of allylic oxidation sites excluding steroid dienone is 1. The van der Waals surface area contributed by atoms with Crippen molar-refractivity contribution in [3.63, 3.8) is 0 Å². The van der Waals surface area contributed by atoms with Gasteiger partial charge in [-0.1, -0.05) is 25.5 Å². The summed E-state index contributed by atoms with van der Waals surface area (Å²) in [5.74, 6) is 2.21. The molecule has 0 aliphatic heterocycles. The highest BCUT2D eigenvalue weighted by molar-refractivity contribution is 5.73. The second-order valence-electron chi connectivity index (χ2n) is 9.35. The van der Waals surface area contributed by atoms with E-state index in [1.165, 1.54) is 25.5 Å². The molecule has 4 aliphatic carbocycles. The van der Waals surface area contributed by atoms with E-state index in [0.29, 0.717) is 11.8 Å². The molecule has 0 saturated heterocycles. The molecule has 3 saturated carbocycles. The summed E-state index contributed by atoms with van der Waals surface area (Å²) < 4.78 is 5.12. The van der Waals surface area contributed by atoms with Gasteiger partial charge in [0.15, 0.2) is 0 Å². The van der Waals surface area contributed by atoms with Crippen molar-refractivity contribution < 1.29 is 14.6 Å². The quantitative estimate of drug-likeness (QED) is 0.580. The van der Waals surface area contributed by atoms with E-state index < -0.39 is 0 Å². The zero-order valence-electron chi connectivity index (χ0n) is 15.4. The summed E-state index contributed by atoms with van der Waals surface area (Å²) in [4.78, 5) is 12.3. The highest BCUT2D eigenvalue weighted by Gasteiger charge is 2.60. The largest absolute Gasteiger partial charge is 0.469 e. The van der Waals surface area contributed by atoms with E-state index in [1.807, 2.05) is 0 Å². The van der Waals surface area contributed by atoms with Crippen LogP contribution in [0.25, 0.3) is 0 Å². The van der Waals surface area contributed by atoms with Crippen molar-refractivity contribution in [2.24, 2.45) is 34.5 Å². The van der Waals surface area contributed by atoms with Crippen LogP contribution in [0.1, 0.15) is 65.2 Å². The number of carbonyl (C=O) groups is 1. The number of aliphatic hydroxyl groups is 1. The van der Waals surface area contributed by atoms with E-state index in [0.717, 1.165) is 44.4 Å². The predicted octanol–water partition coefficient (Wildman–Crippen LogP) is 4.10. The van der Waals surface area contributed by atoms with Gasteiger partial charge in [-0.15, -0.1) is 0 Å². The molecule has 1 N–H and O–H groups in total. The van der Waals surface area contributed by atoms with Gasteiger partial charge in [0.1, 0.15) is 0 Å².